The number of hydrogen-bond acceptors (Lipinski definition) is 5. The van der Waals surface area contributed by atoms with Crippen LogP contribution in [-0.4, -0.2) is 32.4 Å². The molecule has 0 radical (unpaired) electrons. The second-order valence-electron chi connectivity index (χ2n) is 4.52. The van der Waals surface area contributed by atoms with Crippen molar-refractivity contribution in [2.75, 3.05) is 32.2 Å². The van der Waals surface area contributed by atoms with Gasteiger partial charge in [-0.25, -0.2) is 4.79 Å². The van der Waals surface area contributed by atoms with Gasteiger partial charge in [-0.15, -0.1) is 0 Å². The molecule has 2 N–H and O–H groups in total. The van der Waals surface area contributed by atoms with Crippen molar-refractivity contribution in [3.63, 3.8) is 0 Å². The van der Waals surface area contributed by atoms with E-state index in [1.807, 2.05) is 0 Å². The molecule has 0 aliphatic carbocycles. The Bertz CT molecular complexity index is 441. The number of nitrogen functional groups attached to an aromatic ring is 1. The maximum atomic E-state index is 11.8. The predicted octanol–water partition coefficient (Wildman–Crippen LogP) is 1.86. The molecule has 0 spiro atoms. The fraction of sp³-hybridized carbons (Fsp3) is 0.500. The van der Waals surface area contributed by atoms with Gasteiger partial charge in [0.15, 0.2) is 0 Å². The highest BCUT2D eigenvalue weighted by atomic mass is 16.5. The molecule has 1 aromatic carbocycles. The van der Waals surface area contributed by atoms with E-state index in [4.69, 9.17) is 19.9 Å². The van der Waals surface area contributed by atoms with Crippen LogP contribution in [0.3, 0.4) is 0 Å². The van der Waals surface area contributed by atoms with Crippen LogP contribution < -0.4 is 10.5 Å². The van der Waals surface area contributed by atoms with Crippen LogP contribution in [0.25, 0.3) is 0 Å². The molecule has 5 nitrogen and oxygen atoms in total. The van der Waals surface area contributed by atoms with Crippen LogP contribution in [-0.2, 0) is 9.47 Å². The van der Waals surface area contributed by atoms with Gasteiger partial charge in [0.25, 0.3) is 0 Å². The van der Waals surface area contributed by atoms with Gasteiger partial charge in [0.2, 0.25) is 0 Å². The molecule has 1 heterocycles. The predicted molar refractivity (Wildman–Crippen MR) is 71.2 cm³/mol. The van der Waals surface area contributed by atoms with E-state index in [0.717, 1.165) is 13.0 Å². The fourth-order valence-corrected chi connectivity index (χ4v) is 1.96. The molecule has 1 saturated heterocycles. The summed E-state index contributed by atoms with van der Waals surface area (Å²) >= 11 is 0. The molecule has 0 aromatic heterocycles. The van der Waals surface area contributed by atoms with E-state index in [0.29, 0.717) is 42.7 Å². The van der Waals surface area contributed by atoms with Crippen molar-refractivity contribution in [3.05, 3.63) is 23.8 Å². The molecular formula is C14H19NO4. The van der Waals surface area contributed by atoms with E-state index in [1.54, 1.807) is 25.1 Å². The van der Waals surface area contributed by atoms with Crippen molar-refractivity contribution >= 4 is 11.7 Å². The molecule has 1 fully saturated rings. The number of esters is 1. The van der Waals surface area contributed by atoms with Gasteiger partial charge in [-0.1, -0.05) is 0 Å². The molecule has 2 rings (SSSR count). The molecule has 0 amide bonds. The Morgan fingerprint density at radius 3 is 3.05 bits per heavy atom. The third-order valence-corrected chi connectivity index (χ3v) is 3.00. The Labute approximate surface area is 112 Å². The first-order chi connectivity index (χ1) is 9.20. The van der Waals surface area contributed by atoms with Crippen LogP contribution in [0.15, 0.2) is 18.2 Å². The number of hydrogen-bond donors (Lipinski definition) is 1. The number of ether oxygens (including phenoxy) is 3. The van der Waals surface area contributed by atoms with Crippen LogP contribution in [0, 0.1) is 5.92 Å². The van der Waals surface area contributed by atoms with Crippen molar-refractivity contribution in [3.8, 4) is 5.75 Å². The third kappa shape index (κ3) is 3.61. The maximum absolute atomic E-state index is 11.8. The van der Waals surface area contributed by atoms with Gasteiger partial charge >= 0.3 is 5.97 Å². The summed E-state index contributed by atoms with van der Waals surface area (Å²) in [7, 11) is 0. The van der Waals surface area contributed by atoms with E-state index in [-0.39, 0.29) is 5.97 Å². The topological polar surface area (TPSA) is 70.8 Å². The fourth-order valence-electron chi connectivity index (χ4n) is 1.96. The first kappa shape index (κ1) is 13.7. The average molecular weight is 265 g/mol. The lowest BCUT2D eigenvalue weighted by Crippen LogP contribution is -2.14. The number of nitrogens with two attached hydrogens (primary N) is 1. The van der Waals surface area contributed by atoms with Crippen LogP contribution >= 0.6 is 0 Å². The van der Waals surface area contributed by atoms with E-state index in [9.17, 15) is 4.79 Å². The van der Waals surface area contributed by atoms with Crippen molar-refractivity contribution in [1.82, 2.24) is 0 Å². The molecule has 104 valence electrons. The molecule has 1 aromatic rings. The third-order valence-electron chi connectivity index (χ3n) is 3.00. The van der Waals surface area contributed by atoms with Gasteiger partial charge in [0, 0.05) is 24.3 Å². The number of carbonyl (C=O) groups is 1. The standard InChI is InChI=1S/C14H19NO4/c1-2-18-14(16)12-4-3-11(15)7-13(12)19-9-10-5-6-17-8-10/h3-4,7,10H,2,5-6,8-9,15H2,1H3. The highest BCUT2D eigenvalue weighted by Gasteiger charge is 2.19. The molecule has 1 aliphatic rings. The molecule has 1 atom stereocenters. The van der Waals surface area contributed by atoms with Gasteiger partial charge < -0.3 is 19.9 Å². The number of anilines is 1. The van der Waals surface area contributed by atoms with E-state index >= 15 is 0 Å². The first-order valence-corrected chi connectivity index (χ1v) is 6.48. The smallest absolute Gasteiger partial charge is 0.341 e. The molecular weight excluding hydrogens is 246 g/mol. The Hall–Kier alpha value is -1.75. The summed E-state index contributed by atoms with van der Waals surface area (Å²) in [5, 5.41) is 0. The summed E-state index contributed by atoms with van der Waals surface area (Å²) in [6, 6.07) is 4.95. The number of rotatable bonds is 5. The largest absolute Gasteiger partial charge is 0.492 e. The molecule has 5 heteroatoms. The summed E-state index contributed by atoms with van der Waals surface area (Å²) in [6.45, 7) is 4.10. The minimum Gasteiger partial charge on any atom is -0.492 e. The van der Waals surface area contributed by atoms with Crippen molar-refractivity contribution in [2.45, 2.75) is 13.3 Å². The zero-order valence-electron chi connectivity index (χ0n) is 11.1. The lowest BCUT2D eigenvalue weighted by Gasteiger charge is -2.14. The van der Waals surface area contributed by atoms with E-state index in [1.165, 1.54) is 0 Å². The number of carbonyl (C=O) groups excluding carboxylic acids is 1. The lowest BCUT2D eigenvalue weighted by molar-refractivity contribution is 0.0520. The molecule has 0 bridgehead atoms. The van der Waals surface area contributed by atoms with Crippen molar-refractivity contribution in [1.29, 1.82) is 0 Å². The van der Waals surface area contributed by atoms with Gasteiger partial charge in [-0.05, 0) is 25.5 Å². The Kier molecular flexibility index (Phi) is 4.63. The van der Waals surface area contributed by atoms with Crippen LogP contribution in [0.4, 0.5) is 5.69 Å². The monoisotopic (exact) mass is 265 g/mol. The summed E-state index contributed by atoms with van der Waals surface area (Å²) in [5.41, 5.74) is 6.70. The Balaban J connectivity index is 2.07. The van der Waals surface area contributed by atoms with E-state index < -0.39 is 0 Å². The average Bonchev–Trinajstić information content (AvgIpc) is 2.89. The van der Waals surface area contributed by atoms with E-state index in [2.05, 4.69) is 0 Å². The summed E-state index contributed by atoms with van der Waals surface area (Å²) in [6.07, 6.45) is 0.983. The minimum atomic E-state index is -0.389. The van der Waals surface area contributed by atoms with Crippen molar-refractivity contribution in [2.24, 2.45) is 5.92 Å². The van der Waals surface area contributed by atoms with Gasteiger partial charge in [0.05, 0.1) is 19.8 Å². The minimum absolute atomic E-state index is 0.332. The highest BCUT2D eigenvalue weighted by Crippen LogP contribution is 2.24. The molecule has 1 unspecified atom stereocenters. The summed E-state index contributed by atoms with van der Waals surface area (Å²) in [4.78, 5) is 11.8. The lowest BCUT2D eigenvalue weighted by atomic mass is 10.1. The zero-order valence-corrected chi connectivity index (χ0v) is 11.1. The quantitative estimate of drug-likeness (QED) is 0.650. The second kappa shape index (κ2) is 6.43. The highest BCUT2D eigenvalue weighted by molar-refractivity contribution is 5.93. The first-order valence-electron chi connectivity index (χ1n) is 6.48. The molecule has 19 heavy (non-hydrogen) atoms. The second-order valence-corrected chi connectivity index (χ2v) is 4.52. The molecule has 1 aliphatic heterocycles. The Morgan fingerprint density at radius 2 is 2.37 bits per heavy atom. The SMILES string of the molecule is CCOC(=O)c1ccc(N)cc1OCC1CCOC1. The van der Waals surface area contributed by atoms with Crippen LogP contribution in [0.2, 0.25) is 0 Å². The normalized spacial score (nSPS) is 18.3. The Morgan fingerprint density at radius 1 is 1.53 bits per heavy atom. The summed E-state index contributed by atoms with van der Waals surface area (Å²) in [5.74, 6) is 0.460. The van der Waals surface area contributed by atoms with Crippen LogP contribution in [0.1, 0.15) is 23.7 Å². The van der Waals surface area contributed by atoms with Gasteiger partial charge in [0.1, 0.15) is 11.3 Å². The van der Waals surface area contributed by atoms with Crippen molar-refractivity contribution < 1.29 is 19.0 Å². The summed E-state index contributed by atoms with van der Waals surface area (Å²) < 4.78 is 16.0. The molecule has 0 saturated carbocycles. The van der Waals surface area contributed by atoms with Crippen LogP contribution in [0.5, 0.6) is 5.75 Å². The number of benzene rings is 1. The van der Waals surface area contributed by atoms with Gasteiger partial charge in [-0.3, -0.25) is 0 Å². The van der Waals surface area contributed by atoms with Gasteiger partial charge in [-0.2, -0.15) is 0 Å². The maximum Gasteiger partial charge on any atom is 0.341 e. The zero-order chi connectivity index (χ0) is 13.7.